The zero-order valence-corrected chi connectivity index (χ0v) is 41.0. The van der Waals surface area contributed by atoms with E-state index in [2.05, 4.69) is 46.1 Å². The fourth-order valence-corrected chi connectivity index (χ4v) is 8.49. The van der Waals surface area contributed by atoms with Crippen LogP contribution in [0.2, 0.25) is 20.6 Å². The molecule has 23 heteroatoms. The Kier molecular flexibility index (Phi) is 20.3. The van der Waals surface area contributed by atoms with Crippen LogP contribution in [0.1, 0.15) is 51.4 Å². The smallest absolute Gasteiger partial charge is 0.171 e. The lowest BCUT2D eigenvalue weighted by molar-refractivity contribution is -0.172. The summed E-state index contributed by atoms with van der Waals surface area (Å²) in [6.07, 6.45) is 11.9. The second-order valence-electron chi connectivity index (χ2n) is 16.0. The SMILES string of the molecule is C1CC2(CCN1)OCCO2.Fc1cc(Br)cnc1Cl.Fc1cc(N2CCC3(CC2)OCCO3)cnc1Cl.O=C1CCN(c2cnc(Cl)c(F)c2)CC1.OC1CCN(c2cnc(Cl)c(F)c2)CC1. The van der Waals surface area contributed by atoms with Crippen LogP contribution in [0.3, 0.4) is 0 Å². The zero-order chi connectivity index (χ0) is 48.0. The van der Waals surface area contributed by atoms with E-state index in [0.717, 1.165) is 89.5 Å². The maximum absolute atomic E-state index is 13.4. The molecule has 4 aromatic rings. The van der Waals surface area contributed by atoms with Gasteiger partial charge in [-0.15, -0.1) is 0 Å². The third-order valence-electron chi connectivity index (χ3n) is 11.5. The van der Waals surface area contributed by atoms with Gasteiger partial charge in [-0.1, -0.05) is 46.4 Å². The topological polar surface area (TPSA) is 148 Å². The first-order chi connectivity index (χ1) is 32.1. The first kappa shape index (κ1) is 53.1. The van der Waals surface area contributed by atoms with Gasteiger partial charge in [-0.05, 0) is 34.8 Å². The Hall–Kier alpha value is -3.21. The molecule has 6 aliphatic heterocycles. The van der Waals surface area contributed by atoms with Crippen LogP contribution in [0.5, 0.6) is 0 Å². The largest absolute Gasteiger partial charge is 0.393 e. The fraction of sp³-hybridized carbons (Fsp3) is 0.523. The van der Waals surface area contributed by atoms with Crippen LogP contribution in [0, 0.1) is 23.3 Å². The molecule has 2 spiro atoms. The highest BCUT2D eigenvalue weighted by Gasteiger charge is 2.40. The number of anilines is 3. The van der Waals surface area contributed by atoms with Gasteiger partial charge in [0.25, 0.3) is 0 Å². The number of ketones is 1. The van der Waals surface area contributed by atoms with Crippen LogP contribution in [0.4, 0.5) is 34.6 Å². The first-order valence-electron chi connectivity index (χ1n) is 21.7. The van der Waals surface area contributed by atoms with Crippen LogP contribution in [-0.2, 0) is 23.7 Å². The van der Waals surface area contributed by atoms with Crippen molar-refractivity contribution in [2.75, 3.05) is 93.5 Å². The Morgan fingerprint density at radius 1 is 0.567 bits per heavy atom. The molecule has 0 radical (unpaired) electrons. The lowest BCUT2D eigenvalue weighted by atomic mass is 10.0. The van der Waals surface area contributed by atoms with Crippen LogP contribution < -0.4 is 20.0 Å². The Morgan fingerprint density at radius 2 is 0.925 bits per heavy atom. The number of ether oxygens (including phenoxy) is 4. The van der Waals surface area contributed by atoms with Crippen molar-refractivity contribution in [3.63, 3.8) is 0 Å². The van der Waals surface area contributed by atoms with Crippen LogP contribution in [0.25, 0.3) is 0 Å². The molecule has 6 aliphatic rings. The summed E-state index contributed by atoms with van der Waals surface area (Å²) >= 11 is 24.9. The number of aliphatic hydroxyl groups is 1. The highest BCUT2D eigenvalue weighted by molar-refractivity contribution is 9.10. The van der Waals surface area contributed by atoms with Gasteiger partial charge in [-0.2, -0.15) is 0 Å². The van der Waals surface area contributed by atoms with E-state index in [4.69, 9.17) is 65.4 Å². The van der Waals surface area contributed by atoms with Crippen LogP contribution >= 0.6 is 62.3 Å². The summed E-state index contributed by atoms with van der Waals surface area (Å²) in [6, 6.07) is 5.41. The molecule has 0 amide bonds. The number of rotatable bonds is 3. The van der Waals surface area contributed by atoms with Gasteiger partial charge in [0.15, 0.2) is 55.5 Å². The molecule has 0 aliphatic carbocycles. The molecule has 10 rings (SSSR count). The van der Waals surface area contributed by atoms with E-state index in [1.54, 1.807) is 12.4 Å². The summed E-state index contributed by atoms with van der Waals surface area (Å²) in [5.74, 6) is -2.35. The summed E-state index contributed by atoms with van der Waals surface area (Å²) in [4.78, 5) is 31.9. The van der Waals surface area contributed by atoms with Crippen molar-refractivity contribution in [3.05, 3.63) is 97.4 Å². The van der Waals surface area contributed by atoms with E-state index >= 15 is 0 Å². The predicted molar refractivity (Wildman–Crippen MR) is 251 cm³/mol. The molecular formula is C44H51BrCl4F4N8O6. The molecule has 67 heavy (non-hydrogen) atoms. The number of hydrogen-bond donors (Lipinski definition) is 2. The number of carbonyl (C=O) groups is 1. The first-order valence-corrected chi connectivity index (χ1v) is 24.0. The third kappa shape index (κ3) is 15.9. The van der Waals surface area contributed by atoms with E-state index < -0.39 is 29.1 Å². The third-order valence-corrected chi connectivity index (χ3v) is 13.1. The van der Waals surface area contributed by atoms with Gasteiger partial charge in [0.2, 0.25) is 0 Å². The highest BCUT2D eigenvalue weighted by atomic mass is 79.9. The van der Waals surface area contributed by atoms with Crippen LogP contribution in [0.15, 0.2) is 53.5 Å². The van der Waals surface area contributed by atoms with Gasteiger partial charge < -0.3 is 44.1 Å². The quantitative estimate of drug-likeness (QED) is 0.149. The second-order valence-corrected chi connectivity index (χ2v) is 18.4. The van der Waals surface area contributed by atoms with Gasteiger partial charge in [-0.25, -0.2) is 37.5 Å². The van der Waals surface area contributed by atoms with E-state index in [1.807, 2.05) is 9.80 Å². The van der Waals surface area contributed by atoms with Crippen molar-refractivity contribution in [1.82, 2.24) is 25.3 Å². The number of nitrogens with zero attached hydrogens (tertiary/aromatic N) is 7. The summed E-state index contributed by atoms with van der Waals surface area (Å²) in [6.45, 7) is 9.18. The lowest BCUT2D eigenvalue weighted by Gasteiger charge is -2.38. The molecule has 0 aromatic carbocycles. The fourth-order valence-electron chi connectivity index (χ4n) is 7.77. The minimum Gasteiger partial charge on any atom is -0.393 e. The molecule has 366 valence electrons. The average molecular weight is 1090 g/mol. The summed E-state index contributed by atoms with van der Waals surface area (Å²) in [5, 5.41) is 12.2. The summed E-state index contributed by atoms with van der Waals surface area (Å²) < 4.78 is 74.9. The average Bonchev–Trinajstić information content (AvgIpc) is 3.99. The molecular weight excluding hydrogens is 1030 g/mol. The van der Waals surface area contributed by atoms with Crippen molar-refractivity contribution < 1.29 is 46.4 Å². The minimum absolute atomic E-state index is 0.0883. The van der Waals surface area contributed by atoms with Crippen molar-refractivity contribution in [2.24, 2.45) is 0 Å². The minimum atomic E-state index is -0.522. The van der Waals surface area contributed by atoms with E-state index in [1.165, 1.54) is 36.7 Å². The van der Waals surface area contributed by atoms with Gasteiger partial charge in [-0.3, -0.25) is 4.79 Å². The number of nitrogens with one attached hydrogen (secondary N) is 1. The second kappa shape index (κ2) is 25.6. The number of piperidine rings is 4. The van der Waals surface area contributed by atoms with Crippen molar-refractivity contribution in [3.8, 4) is 0 Å². The van der Waals surface area contributed by atoms with Crippen LogP contribution in [-0.4, -0.2) is 127 Å². The summed E-state index contributed by atoms with van der Waals surface area (Å²) in [7, 11) is 0. The molecule has 2 N–H and O–H groups in total. The molecule has 0 unspecified atom stereocenters. The van der Waals surface area contributed by atoms with Gasteiger partial charge >= 0.3 is 0 Å². The maximum atomic E-state index is 13.4. The molecule has 6 fully saturated rings. The molecule has 4 aromatic heterocycles. The molecule has 0 bridgehead atoms. The molecule has 14 nitrogen and oxygen atoms in total. The molecule has 6 saturated heterocycles. The van der Waals surface area contributed by atoms with E-state index in [-0.39, 0.29) is 38.3 Å². The Labute approximate surface area is 414 Å². The van der Waals surface area contributed by atoms with Crippen molar-refractivity contribution >= 4 is 85.2 Å². The number of halogens is 9. The number of aliphatic hydroxyl groups excluding tert-OH is 1. The van der Waals surface area contributed by atoms with E-state index in [0.29, 0.717) is 62.1 Å². The highest BCUT2D eigenvalue weighted by Crippen LogP contribution is 2.34. The number of carbonyl (C=O) groups excluding carboxylic acids is 1. The Bertz CT molecular complexity index is 2220. The summed E-state index contributed by atoms with van der Waals surface area (Å²) in [5.41, 5.74) is 2.16. The predicted octanol–water partition coefficient (Wildman–Crippen LogP) is 8.85. The standard InChI is InChI=1S/C12H14ClFN2O2.C10H12ClFN2O.C10H10ClFN2O.C7H13NO2.C5H2BrClFN/c13-11-10(14)7-9(8-15-11)16-3-1-12(2-4-16)17-5-6-18-12;2*11-10-9(12)5-7(6-13-10)14-3-1-8(15)2-4-14;1-3-8-4-2-7(1)9-5-6-10-7;6-3-1-4(8)5(7)9-2-3/h7-8H,1-6H2;5-6,8,15H,1-4H2;5-6H,1-4H2;8H,1-6H2;1-2H. The monoisotopic (exact) mass is 1080 g/mol. The van der Waals surface area contributed by atoms with Gasteiger partial charge in [0.1, 0.15) is 5.78 Å². The number of pyridine rings is 4. The molecule has 10 heterocycles. The number of aromatic nitrogens is 4. The van der Waals surface area contributed by atoms with Crippen molar-refractivity contribution in [1.29, 1.82) is 0 Å². The van der Waals surface area contributed by atoms with E-state index in [9.17, 15) is 27.5 Å². The van der Waals surface area contributed by atoms with Gasteiger partial charge in [0, 0.05) is 120 Å². The Balaban J connectivity index is 0.000000141. The van der Waals surface area contributed by atoms with Gasteiger partial charge in [0.05, 0.1) is 68.2 Å². The Morgan fingerprint density at radius 3 is 1.31 bits per heavy atom. The number of Topliss-reactive ketones (excluding diaryl/α,β-unsaturated/α-hetero) is 1. The maximum Gasteiger partial charge on any atom is 0.171 e. The van der Waals surface area contributed by atoms with Crippen molar-refractivity contribution in [2.45, 2.75) is 69.0 Å². The zero-order valence-electron chi connectivity index (χ0n) is 36.4. The normalized spacial score (nSPS) is 19.9. The lowest BCUT2D eigenvalue weighted by Crippen LogP contribution is -2.45. The molecule has 0 atom stereocenters. The number of hydrogen-bond acceptors (Lipinski definition) is 14. The molecule has 0 saturated carbocycles.